The van der Waals surface area contributed by atoms with Gasteiger partial charge in [0.05, 0.1) is 0 Å². The molecule has 0 atom stereocenters. The molecule has 2 rings (SSSR count). The Balaban J connectivity index is 2.25. The first kappa shape index (κ1) is 12.3. The Kier molecular flexibility index (Phi) is 3.97. The van der Waals surface area contributed by atoms with Crippen molar-refractivity contribution in [2.24, 2.45) is 0 Å². The Morgan fingerprint density at radius 3 is 2.88 bits per heavy atom. The van der Waals surface area contributed by atoms with E-state index in [9.17, 15) is 0 Å². The van der Waals surface area contributed by atoms with Gasteiger partial charge in [0.25, 0.3) is 0 Å². The number of hydrogen-bond acceptors (Lipinski definition) is 3. The number of imidazole rings is 1. The summed E-state index contributed by atoms with van der Waals surface area (Å²) in [7, 11) is 0. The van der Waals surface area contributed by atoms with Crippen LogP contribution in [0.3, 0.4) is 0 Å². The molecular weight excluding hydrogens is 259 g/mol. The molecule has 0 bridgehead atoms. The van der Waals surface area contributed by atoms with Crippen LogP contribution in [0.5, 0.6) is 0 Å². The average molecular weight is 271 g/mol. The minimum Gasteiger partial charge on any atom is -0.335 e. The van der Waals surface area contributed by atoms with E-state index < -0.39 is 0 Å². The predicted molar refractivity (Wildman–Crippen MR) is 67.4 cm³/mol. The largest absolute Gasteiger partial charge is 0.335 e. The third-order valence-corrected chi connectivity index (χ3v) is 2.91. The van der Waals surface area contributed by atoms with Crippen molar-refractivity contribution in [2.75, 3.05) is 0 Å². The second-order valence-corrected chi connectivity index (χ2v) is 4.44. The molecule has 2 heterocycles. The highest BCUT2D eigenvalue weighted by Crippen LogP contribution is 2.18. The van der Waals surface area contributed by atoms with Gasteiger partial charge in [-0.2, -0.15) is 0 Å². The summed E-state index contributed by atoms with van der Waals surface area (Å²) in [5, 5.41) is 8.19. The van der Waals surface area contributed by atoms with Crippen LogP contribution in [0.2, 0.25) is 10.3 Å². The topological polar surface area (TPSA) is 43.6 Å². The van der Waals surface area contributed by atoms with Crippen molar-refractivity contribution in [2.45, 2.75) is 26.3 Å². The van der Waals surface area contributed by atoms with E-state index in [1.54, 1.807) is 12.3 Å². The van der Waals surface area contributed by atoms with Crippen molar-refractivity contribution < 1.29 is 0 Å². The molecule has 0 aromatic carbocycles. The molecule has 0 saturated heterocycles. The van der Waals surface area contributed by atoms with Crippen molar-refractivity contribution in [1.82, 2.24) is 19.7 Å². The van der Waals surface area contributed by atoms with E-state index in [4.69, 9.17) is 23.2 Å². The van der Waals surface area contributed by atoms with E-state index in [1.165, 1.54) is 0 Å². The summed E-state index contributed by atoms with van der Waals surface area (Å²) < 4.78 is 2.10. The van der Waals surface area contributed by atoms with Gasteiger partial charge in [-0.1, -0.05) is 30.1 Å². The van der Waals surface area contributed by atoms with Crippen LogP contribution in [-0.4, -0.2) is 19.7 Å². The minimum atomic E-state index is 0.345. The molecule has 0 unspecified atom stereocenters. The van der Waals surface area contributed by atoms with Gasteiger partial charge in [-0.3, -0.25) is 0 Å². The van der Waals surface area contributed by atoms with Crippen molar-refractivity contribution in [3.05, 3.63) is 40.2 Å². The fourth-order valence-corrected chi connectivity index (χ4v) is 1.96. The molecule has 0 spiro atoms. The fourth-order valence-electron chi connectivity index (χ4n) is 1.63. The van der Waals surface area contributed by atoms with Crippen molar-refractivity contribution in [3.63, 3.8) is 0 Å². The van der Waals surface area contributed by atoms with Crippen LogP contribution >= 0.6 is 23.2 Å². The molecule has 0 fully saturated rings. The summed E-state index contributed by atoms with van der Waals surface area (Å²) in [4.78, 5) is 4.31. The highest BCUT2D eigenvalue weighted by molar-refractivity contribution is 6.31. The lowest BCUT2D eigenvalue weighted by atomic mass is 10.2. The van der Waals surface area contributed by atoms with Crippen LogP contribution < -0.4 is 0 Å². The summed E-state index contributed by atoms with van der Waals surface area (Å²) in [6.45, 7) is 3.07. The highest BCUT2D eigenvalue weighted by atomic mass is 35.5. The first-order valence-corrected chi connectivity index (χ1v) is 6.14. The molecule has 2 aromatic rings. The average Bonchev–Trinajstić information content (AvgIpc) is 2.72. The van der Waals surface area contributed by atoms with Gasteiger partial charge >= 0.3 is 0 Å². The number of hydrogen-bond donors (Lipinski definition) is 0. The van der Waals surface area contributed by atoms with E-state index in [0.29, 0.717) is 16.7 Å². The van der Waals surface area contributed by atoms with Crippen molar-refractivity contribution >= 4 is 23.2 Å². The number of aryl methyl sites for hydroxylation is 1. The number of aromatic nitrogens is 4. The fraction of sp³-hybridized carbons (Fsp3) is 0.364. The van der Waals surface area contributed by atoms with Gasteiger partial charge in [-0.25, -0.2) is 4.98 Å². The zero-order chi connectivity index (χ0) is 12.3. The van der Waals surface area contributed by atoms with Crippen LogP contribution in [0.25, 0.3) is 0 Å². The van der Waals surface area contributed by atoms with Gasteiger partial charge in [0.2, 0.25) is 0 Å². The van der Waals surface area contributed by atoms with Gasteiger partial charge in [0.15, 0.2) is 10.3 Å². The summed E-state index contributed by atoms with van der Waals surface area (Å²) in [6.07, 6.45) is 5.42. The third kappa shape index (κ3) is 2.96. The van der Waals surface area contributed by atoms with Crippen molar-refractivity contribution in [3.8, 4) is 0 Å². The minimum absolute atomic E-state index is 0.345. The molecule has 0 aliphatic rings. The lowest BCUT2D eigenvalue weighted by Gasteiger charge is -2.07. The smallest absolute Gasteiger partial charge is 0.155 e. The number of rotatable bonds is 4. The van der Waals surface area contributed by atoms with Crippen LogP contribution in [0.4, 0.5) is 0 Å². The van der Waals surface area contributed by atoms with E-state index in [2.05, 4.69) is 26.7 Å². The quantitative estimate of drug-likeness (QED) is 0.858. The number of nitrogens with zero attached hydrogens (tertiary/aromatic N) is 4. The van der Waals surface area contributed by atoms with Gasteiger partial charge in [-0.05, 0) is 12.5 Å². The lowest BCUT2D eigenvalue weighted by Crippen LogP contribution is -2.04. The Morgan fingerprint density at radius 1 is 1.29 bits per heavy atom. The molecule has 4 nitrogen and oxygen atoms in total. The summed E-state index contributed by atoms with van der Waals surface area (Å²) >= 11 is 11.8. The maximum Gasteiger partial charge on any atom is 0.155 e. The maximum absolute atomic E-state index is 5.97. The third-order valence-electron chi connectivity index (χ3n) is 2.41. The van der Waals surface area contributed by atoms with Gasteiger partial charge in [0.1, 0.15) is 5.82 Å². The Labute approximate surface area is 110 Å². The molecular formula is C11H12Cl2N4. The molecule has 0 amide bonds. The van der Waals surface area contributed by atoms with Gasteiger partial charge < -0.3 is 4.57 Å². The molecule has 6 heteroatoms. The van der Waals surface area contributed by atoms with Gasteiger partial charge in [0, 0.05) is 30.9 Å². The van der Waals surface area contributed by atoms with Crippen molar-refractivity contribution in [1.29, 1.82) is 0 Å². The van der Waals surface area contributed by atoms with Crippen LogP contribution in [0, 0.1) is 0 Å². The molecule has 0 N–H and O–H groups in total. The van der Waals surface area contributed by atoms with E-state index >= 15 is 0 Å². The van der Waals surface area contributed by atoms with Gasteiger partial charge in [-0.15, -0.1) is 10.2 Å². The second kappa shape index (κ2) is 5.47. The molecule has 2 aromatic heterocycles. The van der Waals surface area contributed by atoms with Crippen LogP contribution in [-0.2, 0) is 13.0 Å². The highest BCUT2D eigenvalue weighted by Gasteiger charge is 2.09. The summed E-state index contributed by atoms with van der Waals surface area (Å²) in [6, 6.07) is 1.72. The van der Waals surface area contributed by atoms with Crippen LogP contribution in [0.1, 0.15) is 24.7 Å². The number of halogens is 2. The Morgan fingerprint density at radius 2 is 2.12 bits per heavy atom. The first-order valence-electron chi connectivity index (χ1n) is 5.38. The molecule has 0 aliphatic heterocycles. The standard InChI is InChI=1S/C11H12Cl2N4/c1-2-4-17-5-3-14-10(17)7-8-6-9(12)15-16-11(8)13/h3,5-6H,2,4,7H2,1H3. The predicted octanol–water partition coefficient (Wildman–Crippen LogP) is 2.98. The zero-order valence-electron chi connectivity index (χ0n) is 9.40. The molecule has 90 valence electrons. The lowest BCUT2D eigenvalue weighted by molar-refractivity contribution is 0.646. The zero-order valence-corrected chi connectivity index (χ0v) is 10.9. The molecule has 17 heavy (non-hydrogen) atoms. The molecule has 0 radical (unpaired) electrons. The van der Waals surface area contributed by atoms with E-state index in [1.807, 2.05) is 6.20 Å². The van der Waals surface area contributed by atoms with E-state index in [-0.39, 0.29) is 0 Å². The molecule has 0 aliphatic carbocycles. The summed E-state index contributed by atoms with van der Waals surface area (Å²) in [5.41, 5.74) is 0.843. The monoisotopic (exact) mass is 270 g/mol. The Hall–Kier alpha value is -1.13. The Bertz CT molecular complexity index is 510. The van der Waals surface area contributed by atoms with Crippen LogP contribution in [0.15, 0.2) is 18.5 Å². The summed E-state index contributed by atoms with van der Waals surface area (Å²) in [5.74, 6) is 0.956. The maximum atomic E-state index is 5.97. The first-order chi connectivity index (χ1) is 8.20. The normalized spacial score (nSPS) is 10.8. The second-order valence-electron chi connectivity index (χ2n) is 3.70. The van der Waals surface area contributed by atoms with E-state index in [0.717, 1.165) is 24.4 Å². The SMILES string of the molecule is CCCn1ccnc1Cc1cc(Cl)nnc1Cl. The molecule has 0 saturated carbocycles.